The number of hydrogen-bond donors (Lipinski definition) is 0. The van der Waals surface area contributed by atoms with Gasteiger partial charge in [-0.25, -0.2) is 4.39 Å². The van der Waals surface area contributed by atoms with Crippen molar-refractivity contribution in [2.24, 2.45) is 0 Å². The molecule has 92 valence electrons. The average Bonchev–Trinajstić information content (AvgIpc) is 2.32. The molecule has 0 bridgehead atoms. The maximum Gasteiger partial charge on any atom is 0.129 e. The quantitative estimate of drug-likeness (QED) is 0.734. The molecule has 0 amide bonds. The Morgan fingerprint density at radius 1 is 1.19 bits per heavy atom. The van der Waals surface area contributed by atoms with Crippen LogP contribution in [0.4, 0.5) is 4.39 Å². The lowest BCUT2D eigenvalue weighted by molar-refractivity contribution is 0.312. The first kappa shape index (κ1) is 14.9. The summed E-state index contributed by atoms with van der Waals surface area (Å²) in [5.74, 6) is 0.505. The molecule has 1 aromatic rings. The zero-order valence-corrected chi connectivity index (χ0v) is 11.1. The summed E-state index contributed by atoms with van der Waals surface area (Å²) >= 11 is 0. The summed E-state index contributed by atoms with van der Waals surface area (Å²) < 4.78 is 18.7. The number of halogens is 1. The van der Waals surface area contributed by atoms with Crippen molar-refractivity contribution in [2.75, 3.05) is 6.61 Å². The second-order valence-electron chi connectivity index (χ2n) is 3.41. The molecule has 2 heteroatoms. The van der Waals surface area contributed by atoms with Crippen molar-refractivity contribution in [2.45, 2.75) is 47.5 Å². The van der Waals surface area contributed by atoms with E-state index < -0.39 is 0 Å². The number of hydrogen-bond acceptors (Lipinski definition) is 1. The molecular weight excluding hydrogens is 203 g/mol. The van der Waals surface area contributed by atoms with Gasteiger partial charge in [0, 0.05) is 6.07 Å². The fraction of sp³-hybridized carbons (Fsp3) is 0.571. The van der Waals surface area contributed by atoms with Crippen molar-refractivity contribution < 1.29 is 9.13 Å². The highest BCUT2D eigenvalue weighted by Gasteiger charge is 2.06. The van der Waals surface area contributed by atoms with Gasteiger partial charge in [-0.15, -0.1) is 0 Å². The Balaban J connectivity index is 0.00000106. The van der Waals surface area contributed by atoms with Crippen LogP contribution in [0.25, 0.3) is 0 Å². The van der Waals surface area contributed by atoms with Crippen LogP contribution in [0, 0.1) is 12.7 Å². The molecular formula is C14H23FO. The fourth-order valence-electron chi connectivity index (χ4n) is 1.35. The second kappa shape index (κ2) is 8.14. The van der Waals surface area contributed by atoms with E-state index in [4.69, 9.17) is 4.74 Å². The lowest BCUT2D eigenvalue weighted by atomic mass is 10.1. The summed E-state index contributed by atoms with van der Waals surface area (Å²) in [7, 11) is 0. The van der Waals surface area contributed by atoms with Crippen LogP contribution in [0.3, 0.4) is 0 Å². The van der Waals surface area contributed by atoms with Crippen LogP contribution in [0.1, 0.15) is 45.2 Å². The Hall–Kier alpha value is -1.05. The molecule has 16 heavy (non-hydrogen) atoms. The van der Waals surface area contributed by atoms with E-state index in [0.29, 0.717) is 17.9 Å². The third-order valence-electron chi connectivity index (χ3n) is 2.18. The van der Waals surface area contributed by atoms with E-state index in [9.17, 15) is 4.39 Å². The molecule has 0 fully saturated rings. The van der Waals surface area contributed by atoms with E-state index in [0.717, 1.165) is 18.4 Å². The maximum atomic E-state index is 13.2. The average molecular weight is 226 g/mol. The largest absolute Gasteiger partial charge is 0.493 e. The highest BCUT2D eigenvalue weighted by atomic mass is 19.1. The molecule has 1 rings (SSSR count). The SMILES string of the molecule is CC.CCCOc1cc(F)c(C)cc1CC. The van der Waals surface area contributed by atoms with Gasteiger partial charge in [0.25, 0.3) is 0 Å². The molecule has 0 aliphatic carbocycles. The van der Waals surface area contributed by atoms with E-state index in [1.165, 1.54) is 6.07 Å². The standard InChI is InChI=1S/C12H17FO.C2H6/c1-4-6-14-12-8-11(13)9(3)7-10(12)5-2;1-2/h7-8H,4-6H2,1-3H3;1-2H3. The lowest BCUT2D eigenvalue weighted by Crippen LogP contribution is -2.00. The van der Waals surface area contributed by atoms with Crippen molar-refractivity contribution in [1.82, 2.24) is 0 Å². The van der Waals surface area contributed by atoms with Gasteiger partial charge < -0.3 is 4.74 Å². The third-order valence-corrected chi connectivity index (χ3v) is 2.18. The molecule has 0 aromatic heterocycles. The third kappa shape index (κ3) is 4.21. The Bertz CT molecular complexity index is 308. The molecule has 0 unspecified atom stereocenters. The fourth-order valence-corrected chi connectivity index (χ4v) is 1.35. The molecule has 0 saturated carbocycles. The molecule has 0 spiro atoms. The Labute approximate surface area is 98.6 Å². The van der Waals surface area contributed by atoms with Crippen molar-refractivity contribution in [1.29, 1.82) is 0 Å². The zero-order chi connectivity index (χ0) is 12.6. The van der Waals surface area contributed by atoms with Crippen LogP contribution in [-0.2, 0) is 6.42 Å². The van der Waals surface area contributed by atoms with Crippen LogP contribution in [0.5, 0.6) is 5.75 Å². The predicted molar refractivity (Wildman–Crippen MR) is 67.6 cm³/mol. The monoisotopic (exact) mass is 226 g/mol. The van der Waals surface area contributed by atoms with Gasteiger partial charge in [0.1, 0.15) is 11.6 Å². The molecule has 1 nitrogen and oxygen atoms in total. The van der Waals surface area contributed by atoms with Crippen LogP contribution < -0.4 is 4.74 Å². The molecule has 0 saturated heterocycles. The van der Waals surface area contributed by atoms with Crippen molar-refractivity contribution >= 4 is 0 Å². The minimum absolute atomic E-state index is 0.187. The second-order valence-corrected chi connectivity index (χ2v) is 3.41. The van der Waals surface area contributed by atoms with Gasteiger partial charge in [0.2, 0.25) is 0 Å². The van der Waals surface area contributed by atoms with E-state index in [1.807, 2.05) is 33.8 Å². The number of rotatable bonds is 4. The Morgan fingerprint density at radius 3 is 2.31 bits per heavy atom. The van der Waals surface area contributed by atoms with Gasteiger partial charge in [0.05, 0.1) is 6.61 Å². The van der Waals surface area contributed by atoms with E-state index in [-0.39, 0.29) is 5.82 Å². The van der Waals surface area contributed by atoms with Gasteiger partial charge in [0.15, 0.2) is 0 Å². The summed E-state index contributed by atoms with van der Waals surface area (Å²) in [6.45, 7) is 10.5. The molecule has 0 N–H and O–H groups in total. The van der Waals surface area contributed by atoms with Gasteiger partial charge in [-0.3, -0.25) is 0 Å². The molecule has 0 aliphatic heterocycles. The van der Waals surface area contributed by atoms with Crippen LogP contribution in [0.2, 0.25) is 0 Å². The minimum Gasteiger partial charge on any atom is -0.493 e. The summed E-state index contributed by atoms with van der Waals surface area (Å²) in [5.41, 5.74) is 1.77. The molecule has 0 atom stereocenters. The summed E-state index contributed by atoms with van der Waals surface area (Å²) in [5, 5.41) is 0. The molecule has 1 aromatic carbocycles. The predicted octanol–water partition coefficient (Wildman–Crippen LogP) is 4.51. The minimum atomic E-state index is -0.187. The molecule has 0 radical (unpaired) electrons. The van der Waals surface area contributed by atoms with E-state index in [1.54, 1.807) is 6.92 Å². The van der Waals surface area contributed by atoms with Gasteiger partial charge in [-0.1, -0.05) is 27.7 Å². The van der Waals surface area contributed by atoms with Crippen molar-refractivity contribution in [3.05, 3.63) is 29.1 Å². The maximum absolute atomic E-state index is 13.2. The normalized spacial score (nSPS) is 9.38. The number of ether oxygens (including phenoxy) is 1. The topological polar surface area (TPSA) is 9.23 Å². The summed E-state index contributed by atoms with van der Waals surface area (Å²) in [4.78, 5) is 0. The first-order chi connectivity index (χ1) is 7.69. The Morgan fingerprint density at radius 2 is 1.81 bits per heavy atom. The highest BCUT2D eigenvalue weighted by Crippen LogP contribution is 2.23. The number of aryl methyl sites for hydroxylation is 2. The van der Waals surface area contributed by atoms with Crippen LogP contribution in [-0.4, -0.2) is 6.61 Å². The summed E-state index contributed by atoms with van der Waals surface area (Å²) in [6.07, 6.45) is 1.82. The highest BCUT2D eigenvalue weighted by molar-refractivity contribution is 5.37. The van der Waals surface area contributed by atoms with E-state index in [2.05, 4.69) is 0 Å². The van der Waals surface area contributed by atoms with Crippen LogP contribution >= 0.6 is 0 Å². The Kier molecular flexibility index (Phi) is 7.61. The van der Waals surface area contributed by atoms with Crippen molar-refractivity contribution in [3.63, 3.8) is 0 Å². The van der Waals surface area contributed by atoms with Gasteiger partial charge in [-0.2, -0.15) is 0 Å². The summed E-state index contributed by atoms with van der Waals surface area (Å²) in [6, 6.07) is 3.35. The lowest BCUT2D eigenvalue weighted by Gasteiger charge is -2.11. The number of benzene rings is 1. The van der Waals surface area contributed by atoms with Gasteiger partial charge >= 0.3 is 0 Å². The zero-order valence-electron chi connectivity index (χ0n) is 11.1. The van der Waals surface area contributed by atoms with Crippen molar-refractivity contribution in [3.8, 4) is 5.75 Å². The molecule has 0 aliphatic rings. The van der Waals surface area contributed by atoms with Gasteiger partial charge in [-0.05, 0) is 37.0 Å². The first-order valence-electron chi connectivity index (χ1n) is 6.10. The van der Waals surface area contributed by atoms with E-state index >= 15 is 0 Å². The van der Waals surface area contributed by atoms with Crippen LogP contribution in [0.15, 0.2) is 12.1 Å². The first-order valence-corrected chi connectivity index (χ1v) is 6.10. The molecule has 0 heterocycles. The smallest absolute Gasteiger partial charge is 0.129 e.